The summed E-state index contributed by atoms with van der Waals surface area (Å²) in [5, 5.41) is 3.79. The molecule has 0 aromatic rings. The lowest BCUT2D eigenvalue weighted by Gasteiger charge is -2.54. The molecule has 2 saturated carbocycles. The Bertz CT molecular complexity index is 227. The smallest absolute Gasteiger partial charge is 0.00981 e. The van der Waals surface area contributed by atoms with Crippen molar-refractivity contribution in [1.82, 2.24) is 5.32 Å². The standard InChI is InChI=1S/C13H24N2/c14-7-5-9-6-8-15-13-4-3-10(9)11-1-2-12(11)13/h9-13,15H,1-8,14H2. The van der Waals surface area contributed by atoms with Gasteiger partial charge in [0.25, 0.3) is 0 Å². The summed E-state index contributed by atoms with van der Waals surface area (Å²) in [7, 11) is 0. The molecule has 0 aromatic carbocycles. The third kappa shape index (κ3) is 1.62. The zero-order valence-corrected chi connectivity index (χ0v) is 9.62. The van der Waals surface area contributed by atoms with Gasteiger partial charge < -0.3 is 11.1 Å². The van der Waals surface area contributed by atoms with E-state index in [0.717, 1.165) is 36.3 Å². The molecule has 4 aliphatic rings. The Hall–Kier alpha value is -0.0800. The van der Waals surface area contributed by atoms with Crippen molar-refractivity contribution in [2.45, 2.75) is 44.6 Å². The molecule has 15 heavy (non-hydrogen) atoms. The Morgan fingerprint density at radius 1 is 0.933 bits per heavy atom. The Morgan fingerprint density at radius 2 is 1.73 bits per heavy atom. The molecule has 2 aliphatic heterocycles. The summed E-state index contributed by atoms with van der Waals surface area (Å²) in [6, 6.07) is 0.874. The van der Waals surface area contributed by atoms with E-state index >= 15 is 0 Å². The van der Waals surface area contributed by atoms with Gasteiger partial charge in [0, 0.05) is 6.04 Å². The van der Waals surface area contributed by atoms with Crippen molar-refractivity contribution in [3.8, 4) is 0 Å². The second-order valence-corrected chi connectivity index (χ2v) is 5.83. The van der Waals surface area contributed by atoms with Crippen LogP contribution in [0.25, 0.3) is 0 Å². The van der Waals surface area contributed by atoms with Crippen molar-refractivity contribution in [1.29, 1.82) is 0 Å². The molecule has 2 aliphatic carbocycles. The molecule has 0 amide bonds. The van der Waals surface area contributed by atoms with Crippen LogP contribution in [-0.2, 0) is 0 Å². The van der Waals surface area contributed by atoms with Gasteiger partial charge in [-0.1, -0.05) is 0 Å². The maximum Gasteiger partial charge on any atom is 0.00981 e. The normalized spacial score (nSPS) is 49.0. The molecule has 4 fully saturated rings. The van der Waals surface area contributed by atoms with E-state index in [1.807, 2.05) is 0 Å². The van der Waals surface area contributed by atoms with Crippen LogP contribution in [0.2, 0.25) is 0 Å². The minimum atomic E-state index is 0.874. The predicted molar refractivity (Wildman–Crippen MR) is 62.5 cm³/mol. The van der Waals surface area contributed by atoms with Crippen molar-refractivity contribution in [3.05, 3.63) is 0 Å². The maximum atomic E-state index is 5.76. The SMILES string of the molecule is NCCC1CCNC2CCC1C1CCC21. The van der Waals surface area contributed by atoms with Crippen LogP contribution in [0.5, 0.6) is 0 Å². The predicted octanol–water partition coefficient (Wildman–Crippen LogP) is 1.75. The highest BCUT2D eigenvalue weighted by Gasteiger charge is 2.47. The first-order valence-corrected chi connectivity index (χ1v) is 6.83. The summed E-state index contributed by atoms with van der Waals surface area (Å²) in [6.07, 6.45) is 8.56. The summed E-state index contributed by atoms with van der Waals surface area (Å²) < 4.78 is 0. The number of rotatable bonds is 2. The van der Waals surface area contributed by atoms with Crippen LogP contribution in [0.1, 0.15) is 38.5 Å². The van der Waals surface area contributed by atoms with Gasteiger partial charge in [0.15, 0.2) is 0 Å². The van der Waals surface area contributed by atoms with E-state index in [0.29, 0.717) is 0 Å². The second-order valence-electron chi connectivity index (χ2n) is 5.83. The van der Waals surface area contributed by atoms with Gasteiger partial charge in [-0.05, 0) is 75.3 Å². The number of nitrogens with two attached hydrogens (primary N) is 1. The fourth-order valence-electron chi connectivity index (χ4n) is 4.46. The first-order chi connectivity index (χ1) is 7.40. The van der Waals surface area contributed by atoms with Crippen molar-refractivity contribution in [3.63, 3.8) is 0 Å². The third-order valence-electron chi connectivity index (χ3n) is 5.33. The van der Waals surface area contributed by atoms with E-state index in [1.54, 1.807) is 0 Å². The summed E-state index contributed by atoms with van der Waals surface area (Å²) in [4.78, 5) is 0. The number of hydrogen-bond acceptors (Lipinski definition) is 2. The largest absolute Gasteiger partial charge is 0.330 e. The molecular formula is C13H24N2. The van der Waals surface area contributed by atoms with E-state index < -0.39 is 0 Å². The lowest BCUT2D eigenvalue weighted by molar-refractivity contribution is -0.0228. The van der Waals surface area contributed by atoms with Gasteiger partial charge >= 0.3 is 0 Å². The van der Waals surface area contributed by atoms with E-state index in [9.17, 15) is 0 Å². The van der Waals surface area contributed by atoms with Crippen LogP contribution in [0.15, 0.2) is 0 Å². The highest BCUT2D eigenvalue weighted by Crippen LogP contribution is 2.52. The molecule has 2 heteroatoms. The lowest BCUT2D eigenvalue weighted by atomic mass is 9.54. The van der Waals surface area contributed by atoms with Gasteiger partial charge in [0.1, 0.15) is 0 Å². The van der Waals surface area contributed by atoms with Gasteiger partial charge in [-0.25, -0.2) is 0 Å². The Morgan fingerprint density at radius 3 is 2.47 bits per heavy atom. The summed E-state index contributed by atoms with van der Waals surface area (Å²) in [5.41, 5.74) is 5.76. The Balaban J connectivity index is 1.76. The van der Waals surface area contributed by atoms with Crippen molar-refractivity contribution in [2.75, 3.05) is 13.1 Å². The van der Waals surface area contributed by atoms with E-state index in [4.69, 9.17) is 5.73 Å². The molecule has 86 valence electrons. The number of fused-ring (bicyclic) bond motifs is 4. The van der Waals surface area contributed by atoms with Crippen molar-refractivity contribution in [2.24, 2.45) is 29.4 Å². The second kappa shape index (κ2) is 4.06. The van der Waals surface area contributed by atoms with Crippen molar-refractivity contribution >= 4 is 0 Å². The molecule has 0 radical (unpaired) electrons. The average molecular weight is 208 g/mol. The fourth-order valence-corrected chi connectivity index (χ4v) is 4.46. The average Bonchev–Trinajstić information content (AvgIpc) is 2.16. The summed E-state index contributed by atoms with van der Waals surface area (Å²) in [5.74, 6) is 4.06. The van der Waals surface area contributed by atoms with Crippen LogP contribution in [0.4, 0.5) is 0 Å². The monoisotopic (exact) mass is 208 g/mol. The first-order valence-electron chi connectivity index (χ1n) is 6.83. The van der Waals surface area contributed by atoms with Crippen LogP contribution in [-0.4, -0.2) is 19.1 Å². The van der Waals surface area contributed by atoms with Crippen LogP contribution in [0, 0.1) is 23.7 Å². The van der Waals surface area contributed by atoms with E-state index in [2.05, 4.69) is 5.32 Å². The highest BCUT2D eigenvalue weighted by atomic mass is 14.9. The van der Waals surface area contributed by atoms with E-state index in [-0.39, 0.29) is 0 Å². The van der Waals surface area contributed by atoms with Crippen LogP contribution in [0.3, 0.4) is 0 Å². The van der Waals surface area contributed by atoms with Gasteiger partial charge in [-0.2, -0.15) is 0 Å². The number of nitrogens with one attached hydrogen (secondary N) is 1. The molecule has 5 unspecified atom stereocenters. The van der Waals surface area contributed by atoms with Gasteiger partial charge in [-0.3, -0.25) is 0 Å². The Kier molecular flexibility index (Phi) is 2.73. The topological polar surface area (TPSA) is 38.0 Å². The zero-order valence-electron chi connectivity index (χ0n) is 9.62. The summed E-state index contributed by atoms with van der Waals surface area (Å²) >= 11 is 0. The molecule has 0 spiro atoms. The molecule has 2 bridgehead atoms. The quantitative estimate of drug-likeness (QED) is 0.725. The minimum Gasteiger partial charge on any atom is -0.330 e. The molecule has 5 atom stereocenters. The molecule has 3 N–H and O–H groups in total. The molecule has 2 saturated heterocycles. The molecule has 2 heterocycles. The first kappa shape index (κ1) is 10.1. The van der Waals surface area contributed by atoms with Crippen LogP contribution >= 0.6 is 0 Å². The molecular weight excluding hydrogens is 184 g/mol. The third-order valence-corrected chi connectivity index (χ3v) is 5.33. The van der Waals surface area contributed by atoms with Crippen LogP contribution < -0.4 is 11.1 Å². The summed E-state index contributed by atoms with van der Waals surface area (Å²) in [6.45, 7) is 2.14. The highest BCUT2D eigenvalue weighted by molar-refractivity contribution is 5.00. The van der Waals surface area contributed by atoms with Crippen molar-refractivity contribution < 1.29 is 0 Å². The van der Waals surface area contributed by atoms with Gasteiger partial charge in [-0.15, -0.1) is 0 Å². The number of hydrogen-bond donors (Lipinski definition) is 2. The zero-order chi connectivity index (χ0) is 10.3. The maximum absolute atomic E-state index is 5.76. The molecule has 4 rings (SSSR count). The van der Waals surface area contributed by atoms with E-state index in [1.165, 1.54) is 45.1 Å². The Labute approximate surface area is 93.0 Å². The molecule has 2 nitrogen and oxygen atoms in total. The molecule has 0 aromatic heterocycles. The van der Waals surface area contributed by atoms with Gasteiger partial charge in [0.2, 0.25) is 0 Å². The minimum absolute atomic E-state index is 0.874. The fraction of sp³-hybridized carbons (Fsp3) is 1.00. The van der Waals surface area contributed by atoms with Gasteiger partial charge in [0.05, 0.1) is 0 Å². The lowest BCUT2D eigenvalue weighted by Crippen LogP contribution is -2.55.